The summed E-state index contributed by atoms with van der Waals surface area (Å²) >= 11 is 0. The normalized spacial score (nSPS) is 19.5. The molecule has 0 bridgehead atoms. The molecule has 0 radical (unpaired) electrons. The summed E-state index contributed by atoms with van der Waals surface area (Å²) in [6.07, 6.45) is 4.94. The number of hydrogen-bond donors (Lipinski definition) is 1. The molecule has 1 aromatic rings. The fraction of sp³-hybridized carbons (Fsp3) is 0.647. The van der Waals surface area contributed by atoms with Crippen molar-refractivity contribution >= 4 is 0 Å². The maximum Gasteiger partial charge on any atom is 0.0474 e. The molecule has 0 aliphatic carbocycles. The van der Waals surface area contributed by atoms with Crippen LogP contribution in [0.25, 0.3) is 0 Å². The SMILES string of the molecule is CCCc1ccc(C(C(C)CO)N2CCCC2)cc1. The monoisotopic (exact) mass is 261 g/mol. The summed E-state index contributed by atoms with van der Waals surface area (Å²) in [5, 5.41) is 9.54. The summed E-state index contributed by atoms with van der Waals surface area (Å²) in [6.45, 7) is 6.98. The van der Waals surface area contributed by atoms with Crippen LogP contribution in [0.4, 0.5) is 0 Å². The molecule has 1 aliphatic rings. The van der Waals surface area contributed by atoms with Gasteiger partial charge in [0, 0.05) is 12.6 Å². The molecule has 19 heavy (non-hydrogen) atoms. The molecule has 1 saturated heterocycles. The Labute approximate surface area is 117 Å². The molecule has 2 heteroatoms. The van der Waals surface area contributed by atoms with Crippen LogP contribution in [-0.4, -0.2) is 29.7 Å². The fourth-order valence-electron chi connectivity index (χ4n) is 3.19. The molecule has 2 rings (SSSR count). The van der Waals surface area contributed by atoms with Crippen molar-refractivity contribution in [1.29, 1.82) is 0 Å². The highest BCUT2D eigenvalue weighted by Crippen LogP contribution is 2.31. The molecule has 0 amide bonds. The van der Waals surface area contributed by atoms with E-state index in [2.05, 4.69) is 43.0 Å². The lowest BCUT2D eigenvalue weighted by Crippen LogP contribution is -2.31. The maximum absolute atomic E-state index is 9.54. The van der Waals surface area contributed by atoms with Crippen molar-refractivity contribution in [3.8, 4) is 0 Å². The van der Waals surface area contributed by atoms with E-state index in [0.717, 1.165) is 6.42 Å². The first kappa shape index (κ1) is 14.5. The topological polar surface area (TPSA) is 23.5 Å². The van der Waals surface area contributed by atoms with Gasteiger partial charge in [-0.3, -0.25) is 4.90 Å². The van der Waals surface area contributed by atoms with E-state index in [-0.39, 0.29) is 6.61 Å². The first-order valence-electron chi connectivity index (χ1n) is 7.70. The summed E-state index contributed by atoms with van der Waals surface area (Å²) in [5.74, 6) is 0.301. The minimum Gasteiger partial charge on any atom is -0.396 e. The molecule has 1 heterocycles. The van der Waals surface area contributed by atoms with Crippen molar-refractivity contribution in [2.45, 2.75) is 45.6 Å². The van der Waals surface area contributed by atoms with Crippen LogP contribution in [0.5, 0.6) is 0 Å². The number of aliphatic hydroxyl groups excluding tert-OH is 1. The van der Waals surface area contributed by atoms with Crippen LogP contribution < -0.4 is 0 Å². The molecule has 106 valence electrons. The van der Waals surface area contributed by atoms with Crippen molar-refractivity contribution in [2.24, 2.45) is 5.92 Å². The first-order chi connectivity index (χ1) is 9.26. The molecule has 1 N–H and O–H groups in total. The Morgan fingerprint density at radius 3 is 2.32 bits per heavy atom. The van der Waals surface area contributed by atoms with E-state index in [1.807, 2.05) is 0 Å². The number of rotatable bonds is 6. The highest BCUT2D eigenvalue weighted by atomic mass is 16.3. The van der Waals surface area contributed by atoms with E-state index >= 15 is 0 Å². The number of aliphatic hydroxyl groups is 1. The summed E-state index contributed by atoms with van der Waals surface area (Å²) in [5.41, 5.74) is 2.78. The third-order valence-corrected chi connectivity index (χ3v) is 4.22. The summed E-state index contributed by atoms with van der Waals surface area (Å²) in [6, 6.07) is 9.42. The van der Waals surface area contributed by atoms with Crippen molar-refractivity contribution in [2.75, 3.05) is 19.7 Å². The van der Waals surface area contributed by atoms with Crippen LogP contribution >= 0.6 is 0 Å². The highest BCUT2D eigenvalue weighted by molar-refractivity contribution is 5.26. The van der Waals surface area contributed by atoms with Gasteiger partial charge in [0.2, 0.25) is 0 Å². The van der Waals surface area contributed by atoms with E-state index in [1.54, 1.807) is 0 Å². The molecule has 1 aromatic carbocycles. The quantitative estimate of drug-likeness (QED) is 0.848. The molecule has 0 spiro atoms. The number of nitrogens with zero attached hydrogens (tertiary/aromatic N) is 1. The summed E-state index contributed by atoms with van der Waals surface area (Å²) < 4.78 is 0. The zero-order valence-electron chi connectivity index (χ0n) is 12.3. The van der Waals surface area contributed by atoms with Gasteiger partial charge in [-0.05, 0) is 49.4 Å². The number of benzene rings is 1. The Bertz CT molecular complexity index is 367. The molecular formula is C17H27NO. The number of aryl methyl sites for hydroxylation is 1. The van der Waals surface area contributed by atoms with E-state index < -0.39 is 0 Å². The average Bonchev–Trinajstić information content (AvgIpc) is 2.95. The summed E-state index contributed by atoms with van der Waals surface area (Å²) in [7, 11) is 0. The van der Waals surface area contributed by atoms with Gasteiger partial charge in [-0.1, -0.05) is 44.5 Å². The van der Waals surface area contributed by atoms with Crippen LogP contribution in [0.3, 0.4) is 0 Å². The second-order valence-corrected chi connectivity index (χ2v) is 5.84. The summed E-state index contributed by atoms with van der Waals surface area (Å²) in [4.78, 5) is 2.54. The lowest BCUT2D eigenvalue weighted by atomic mass is 9.92. The largest absolute Gasteiger partial charge is 0.396 e. The molecule has 2 atom stereocenters. The predicted octanol–water partition coefficient (Wildman–Crippen LogP) is 3.40. The van der Waals surface area contributed by atoms with Gasteiger partial charge in [0.1, 0.15) is 0 Å². The van der Waals surface area contributed by atoms with E-state index in [0.29, 0.717) is 12.0 Å². The van der Waals surface area contributed by atoms with Gasteiger partial charge in [-0.2, -0.15) is 0 Å². The Kier molecular flexibility index (Phi) is 5.41. The molecule has 0 saturated carbocycles. The molecule has 2 nitrogen and oxygen atoms in total. The van der Waals surface area contributed by atoms with Gasteiger partial charge in [-0.15, -0.1) is 0 Å². The smallest absolute Gasteiger partial charge is 0.0474 e. The fourth-order valence-corrected chi connectivity index (χ4v) is 3.19. The van der Waals surface area contributed by atoms with Gasteiger partial charge >= 0.3 is 0 Å². The van der Waals surface area contributed by atoms with Crippen LogP contribution in [0.1, 0.15) is 50.3 Å². The van der Waals surface area contributed by atoms with Gasteiger partial charge in [0.25, 0.3) is 0 Å². The van der Waals surface area contributed by atoms with Crippen LogP contribution in [-0.2, 0) is 6.42 Å². The molecule has 0 aromatic heterocycles. The van der Waals surface area contributed by atoms with E-state index in [9.17, 15) is 5.11 Å². The Balaban J connectivity index is 2.16. The minimum atomic E-state index is 0.262. The van der Waals surface area contributed by atoms with Crippen molar-refractivity contribution < 1.29 is 5.11 Å². The van der Waals surface area contributed by atoms with Gasteiger partial charge in [0.15, 0.2) is 0 Å². The van der Waals surface area contributed by atoms with Crippen LogP contribution in [0, 0.1) is 5.92 Å². The third kappa shape index (κ3) is 3.58. The minimum absolute atomic E-state index is 0.262. The van der Waals surface area contributed by atoms with Gasteiger partial charge < -0.3 is 5.11 Å². The average molecular weight is 261 g/mol. The third-order valence-electron chi connectivity index (χ3n) is 4.22. The van der Waals surface area contributed by atoms with Crippen molar-refractivity contribution in [3.63, 3.8) is 0 Å². The standard InChI is InChI=1S/C17H27NO/c1-3-6-15-7-9-16(10-8-15)17(14(2)13-19)18-11-4-5-12-18/h7-10,14,17,19H,3-6,11-13H2,1-2H3. The molecule has 2 unspecified atom stereocenters. The second-order valence-electron chi connectivity index (χ2n) is 5.84. The lowest BCUT2D eigenvalue weighted by Gasteiger charge is -2.32. The maximum atomic E-state index is 9.54. The highest BCUT2D eigenvalue weighted by Gasteiger charge is 2.27. The Hall–Kier alpha value is -0.860. The molecular weight excluding hydrogens is 234 g/mol. The van der Waals surface area contributed by atoms with E-state index in [1.165, 1.54) is 43.5 Å². The van der Waals surface area contributed by atoms with Crippen molar-refractivity contribution in [1.82, 2.24) is 4.90 Å². The number of hydrogen-bond acceptors (Lipinski definition) is 2. The van der Waals surface area contributed by atoms with Crippen LogP contribution in [0.15, 0.2) is 24.3 Å². The molecule has 1 aliphatic heterocycles. The Morgan fingerprint density at radius 2 is 1.79 bits per heavy atom. The predicted molar refractivity (Wildman–Crippen MR) is 80.2 cm³/mol. The van der Waals surface area contributed by atoms with E-state index in [4.69, 9.17) is 0 Å². The lowest BCUT2D eigenvalue weighted by molar-refractivity contribution is 0.126. The Morgan fingerprint density at radius 1 is 1.16 bits per heavy atom. The second kappa shape index (κ2) is 7.06. The zero-order chi connectivity index (χ0) is 13.7. The van der Waals surface area contributed by atoms with Crippen LogP contribution in [0.2, 0.25) is 0 Å². The first-order valence-corrected chi connectivity index (χ1v) is 7.70. The zero-order valence-corrected chi connectivity index (χ0v) is 12.3. The van der Waals surface area contributed by atoms with Gasteiger partial charge in [0.05, 0.1) is 0 Å². The molecule has 1 fully saturated rings. The van der Waals surface area contributed by atoms with Gasteiger partial charge in [-0.25, -0.2) is 0 Å². The number of likely N-dealkylation sites (tertiary alicyclic amines) is 1. The van der Waals surface area contributed by atoms with Crippen molar-refractivity contribution in [3.05, 3.63) is 35.4 Å².